The van der Waals surface area contributed by atoms with Crippen LogP contribution in [0.4, 0.5) is 4.79 Å². The number of esters is 2. The van der Waals surface area contributed by atoms with Gasteiger partial charge in [-0.1, -0.05) is 154 Å². The molecule has 1 aliphatic heterocycles. The molecule has 332 valence electrons. The number of amides is 1. The molecule has 0 aromatic carbocycles. The number of hydrogen-bond donors (Lipinski definition) is 1. The van der Waals surface area contributed by atoms with Crippen LogP contribution in [0.5, 0.6) is 0 Å². The van der Waals surface area contributed by atoms with E-state index in [1.54, 1.807) is 0 Å². The van der Waals surface area contributed by atoms with Gasteiger partial charge in [-0.2, -0.15) is 0 Å². The average Bonchev–Trinajstić information content (AvgIpc) is 3.21. The lowest BCUT2D eigenvalue weighted by Crippen LogP contribution is -2.45. The highest BCUT2D eigenvalue weighted by molar-refractivity contribution is 5.99. The van der Waals surface area contributed by atoms with Gasteiger partial charge in [0.05, 0.1) is 13.2 Å². The Morgan fingerprint density at radius 3 is 1.28 bits per heavy atom. The van der Waals surface area contributed by atoms with Crippen molar-refractivity contribution in [2.45, 2.75) is 206 Å². The fourth-order valence-electron chi connectivity index (χ4n) is 7.10. The topological polar surface area (TPSA) is 97.4 Å². The molecule has 1 rings (SSSR count). The number of nitrogens with one attached hydrogen (secondary N) is 1. The molecular formula is C48H89N3O6. The Labute approximate surface area is 350 Å². The molecule has 0 spiro atoms. The Morgan fingerprint density at radius 1 is 0.509 bits per heavy atom. The number of carbonyl (C=O) groups is 3. The Hall–Kier alpha value is -2.39. The molecule has 0 bridgehead atoms. The minimum absolute atomic E-state index is 0.189. The van der Waals surface area contributed by atoms with Gasteiger partial charge >= 0.3 is 18.0 Å². The second-order valence-corrected chi connectivity index (χ2v) is 16.4. The number of ether oxygens (including phenoxy) is 3. The standard InChI is InChI=1S/C48H89N3O6/c1-4-6-8-10-12-14-16-18-20-22-24-26-28-30-32-34-43-55-46(52)45(57-48(54)49-37-36-38-51-41-39-50(3)40-42-51)47(53)56-44-35-33-31-29-27-25-23-21-19-17-15-13-11-9-7-5-2/h18-21,45H,4-17,22-44H2,1-3H3,(H,49,54)/b20-18-,21-19-. The molecule has 9 heteroatoms. The third kappa shape index (κ3) is 34.2. The second kappa shape index (κ2) is 40.4. The Morgan fingerprint density at radius 2 is 0.877 bits per heavy atom. The molecule has 57 heavy (non-hydrogen) atoms. The zero-order chi connectivity index (χ0) is 41.3. The van der Waals surface area contributed by atoms with E-state index in [9.17, 15) is 14.4 Å². The van der Waals surface area contributed by atoms with Crippen molar-refractivity contribution in [2.75, 3.05) is 59.5 Å². The predicted octanol–water partition coefficient (Wildman–Crippen LogP) is 11.9. The van der Waals surface area contributed by atoms with Crippen LogP contribution in [0.1, 0.15) is 200 Å². The number of likely N-dealkylation sites (N-methyl/N-ethyl adjacent to an activating group) is 1. The molecule has 0 saturated carbocycles. The van der Waals surface area contributed by atoms with Crippen molar-refractivity contribution in [2.24, 2.45) is 0 Å². The minimum Gasteiger partial charge on any atom is -0.462 e. The van der Waals surface area contributed by atoms with Crippen LogP contribution in [-0.4, -0.2) is 93.5 Å². The summed E-state index contributed by atoms with van der Waals surface area (Å²) in [6, 6.07) is 0. The van der Waals surface area contributed by atoms with Gasteiger partial charge in [-0.25, -0.2) is 14.4 Å². The smallest absolute Gasteiger partial charge is 0.408 e. The molecule has 0 aromatic heterocycles. The third-order valence-electron chi connectivity index (χ3n) is 11.0. The molecule has 0 atom stereocenters. The molecule has 1 saturated heterocycles. The van der Waals surface area contributed by atoms with Crippen LogP contribution in [-0.2, 0) is 23.8 Å². The average molecular weight is 804 g/mol. The van der Waals surface area contributed by atoms with E-state index in [0.717, 1.165) is 90.5 Å². The van der Waals surface area contributed by atoms with E-state index in [0.29, 0.717) is 19.4 Å². The van der Waals surface area contributed by atoms with Gasteiger partial charge in [-0.15, -0.1) is 0 Å². The number of allylic oxidation sites excluding steroid dienone is 4. The van der Waals surface area contributed by atoms with Crippen LogP contribution in [0.25, 0.3) is 0 Å². The van der Waals surface area contributed by atoms with E-state index in [1.807, 2.05) is 0 Å². The zero-order valence-corrected chi connectivity index (χ0v) is 37.4. The summed E-state index contributed by atoms with van der Waals surface area (Å²) in [4.78, 5) is 43.3. The molecule has 0 radical (unpaired) electrons. The van der Waals surface area contributed by atoms with Gasteiger partial charge in [0.2, 0.25) is 0 Å². The van der Waals surface area contributed by atoms with Gasteiger partial charge < -0.3 is 29.3 Å². The first-order valence-corrected chi connectivity index (χ1v) is 24.0. The molecule has 0 aliphatic carbocycles. The summed E-state index contributed by atoms with van der Waals surface area (Å²) in [5.41, 5.74) is 0. The highest BCUT2D eigenvalue weighted by atomic mass is 16.6. The number of hydrogen-bond acceptors (Lipinski definition) is 8. The maximum atomic E-state index is 13.0. The van der Waals surface area contributed by atoms with Crippen molar-refractivity contribution in [3.63, 3.8) is 0 Å². The Kier molecular flexibility index (Phi) is 37.3. The largest absolute Gasteiger partial charge is 0.462 e. The van der Waals surface area contributed by atoms with Gasteiger partial charge in [-0.3, -0.25) is 0 Å². The maximum absolute atomic E-state index is 13.0. The first-order valence-electron chi connectivity index (χ1n) is 24.0. The normalized spacial score (nSPS) is 13.9. The summed E-state index contributed by atoms with van der Waals surface area (Å²) in [7, 11) is 2.12. The van der Waals surface area contributed by atoms with Gasteiger partial charge in [0.15, 0.2) is 0 Å². The highest BCUT2D eigenvalue weighted by Gasteiger charge is 2.34. The summed E-state index contributed by atoms with van der Waals surface area (Å²) in [6.07, 6.45) is 41.0. The van der Waals surface area contributed by atoms with Crippen LogP contribution in [0.15, 0.2) is 24.3 Å². The zero-order valence-electron chi connectivity index (χ0n) is 37.4. The molecule has 9 nitrogen and oxygen atoms in total. The first-order chi connectivity index (χ1) is 28.0. The van der Waals surface area contributed by atoms with Crippen LogP contribution < -0.4 is 5.32 Å². The van der Waals surface area contributed by atoms with Gasteiger partial charge in [-0.05, 0) is 84.2 Å². The number of alkyl carbamates (subject to hydrolysis) is 1. The number of rotatable bonds is 39. The fraction of sp³-hybridized carbons (Fsp3) is 0.854. The van der Waals surface area contributed by atoms with Crippen molar-refractivity contribution in [3.8, 4) is 0 Å². The number of piperazine rings is 1. The second-order valence-electron chi connectivity index (χ2n) is 16.4. The molecule has 1 aliphatic rings. The van der Waals surface area contributed by atoms with E-state index in [1.165, 1.54) is 116 Å². The van der Waals surface area contributed by atoms with Gasteiger partial charge in [0.1, 0.15) is 0 Å². The van der Waals surface area contributed by atoms with Crippen molar-refractivity contribution in [1.29, 1.82) is 0 Å². The molecule has 1 amide bonds. The third-order valence-corrected chi connectivity index (χ3v) is 11.0. The van der Waals surface area contributed by atoms with Crippen LogP contribution >= 0.6 is 0 Å². The van der Waals surface area contributed by atoms with E-state index in [2.05, 4.69) is 60.3 Å². The SMILES string of the molecule is CCCCCCCC/C=C\CCCCCCCCOC(=O)C(OC(=O)NCCCN1CCN(C)CC1)C(=O)OCCCCCCCC/C=C\CCCCCCCC. The predicted molar refractivity (Wildman–Crippen MR) is 238 cm³/mol. The van der Waals surface area contributed by atoms with E-state index in [-0.39, 0.29) is 13.2 Å². The van der Waals surface area contributed by atoms with Crippen molar-refractivity contribution >= 4 is 18.0 Å². The molecule has 1 heterocycles. The number of carbonyl (C=O) groups excluding carboxylic acids is 3. The van der Waals surface area contributed by atoms with E-state index >= 15 is 0 Å². The van der Waals surface area contributed by atoms with E-state index in [4.69, 9.17) is 14.2 Å². The Balaban J connectivity index is 2.28. The quantitative estimate of drug-likeness (QED) is 0.0216. The van der Waals surface area contributed by atoms with Gasteiger partial charge in [0, 0.05) is 32.7 Å². The lowest BCUT2D eigenvalue weighted by molar-refractivity contribution is -0.169. The van der Waals surface area contributed by atoms with Crippen molar-refractivity contribution < 1.29 is 28.6 Å². The highest BCUT2D eigenvalue weighted by Crippen LogP contribution is 2.13. The first kappa shape index (κ1) is 52.6. The van der Waals surface area contributed by atoms with Crippen LogP contribution in [0.3, 0.4) is 0 Å². The van der Waals surface area contributed by atoms with E-state index < -0.39 is 24.1 Å². The molecule has 0 unspecified atom stereocenters. The van der Waals surface area contributed by atoms with Gasteiger partial charge in [0.25, 0.3) is 6.10 Å². The minimum atomic E-state index is -1.72. The molecule has 0 aromatic rings. The van der Waals surface area contributed by atoms with Crippen molar-refractivity contribution in [3.05, 3.63) is 24.3 Å². The monoisotopic (exact) mass is 804 g/mol. The summed E-state index contributed by atoms with van der Waals surface area (Å²) < 4.78 is 16.2. The molecule has 1 fully saturated rings. The summed E-state index contributed by atoms with van der Waals surface area (Å²) in [5.74, 6) is -1.72. The maximum Gasteiger partial charge on any atom is 0.408 e. The number of unbranched alkanes of at least 4 members (excludes halogenated alkanes) is 24. The lowest BCUT2D eigenvalue weighted by Gasteiger charge is -2.32. The fourth-order valence-corrected chi connectivity index (χ4v) is 7.10. The van der Waals surface area contributed by atoms with Crippen LogP contribution in [0, 0.1) is 0 Å². The van der Waals surface area contributed by atoms with Crippen LogP contribution in [0.2, 0.25) is 0 Å². The molecule has 1 N–H and O–H groups in total. The summed E-state index contributed by atoms with van der Waals surface area (Å²) >= 11 is 0. The lowest BCUT2D eigenvalue weighted by atomic mass is 10.1. The number of nitrogens with zero attached hydrogens (tertiary/aromatic N) is 2. The molecular weight excluding hydrogens is 715 g/mol. The Bertz CT molecular complexity index is 941. The summed E-state index contributed by atoms with van der Waals surface area (Å²) in [6.45, 7) is 10.3. The summed E-state index contributed by atoms with van der Waals surface area (Å²) in [5, 5.41) is 2.70. The van der Waals surface area contributed by atoms with Crippen molar-refractivity contribution in [1.82, 2.24) is 15.1 Å².